The molecule has 1 atom stereocenters. The van der Waals surface area contributed by atoms with Gasteiger partial charge in [-0.05, 0) is 37.0 Å². The molecule has 1 unspecified atom stereocenters. The number of thioether (sulfide) groups is 1. The van der Waals surface area contributed by atoms with Gasteiger partial charge in [0.25, 0.3) is 0 Å². The zero-order valence-electron chi connectivity index (χ0n) is 15.5. The molecular weight excluding hydrogens is 348 g/mol. The lowest BCUT2D eigenvalue weighted by atomic mass is 10.1. The van der Waals surface area contributed by atoms with Crippen molar-refractivity contribution in [1.82, 2.24) is 4.90 Å². The van der Waals surface area contributed by atoms with E-state index in [2.05, 4.69) is 36.1 Å². The van der Waals surface area contributed by atoms with E-state index in [0.29, 0.717) is 12.4 Å². The standard InChI is InChI=1S/C20H28N2O3S/c1-2-3-6-13-25-19(24)14-22-18(23)15-26-20(22)16-7-9-17(10-8-16)21-11-4-5-12-21/h7-10,20H,2-6,11-15H2,1H3. The van der Waals surface area contributed by atoms with Crippen LogP contribution in [0.5, 0.6) is 0 Å². The maximum Gasteiger partial charge on any atom is 0.325 e. The van der Waals surface area contributed by atoms with E-state index in [1.807, 2.05) is 0 Å². The van der Waals surface area contributed by atoms with Crippen LogP contribution in [0.1, 0.15) is 50.0 Å². The van der Waals surface area contributed by atoms with E-state index in [9.17, 15) is 9.59 Å². The molecule has 3 rings (SSSR count). The van der Waals surface area contributed by atoms with Crippen molar-refractivity contribution in [3.63, 3.8) is 0 Å². The van der Waals surface area contributed by atoms with Crippen molar-refractivity contribution in [1.29, 1.82) is 0 Å². The highest BCUT2D eigenvalue weighted by molar-refractivity contribution is 8.00. The second kappa shape index (κ2) is 9.31. The fourth-order valence-electron chi connectivity index (χ4n) is 3.45. The summed E-state index contributed by atoms with van der Waals surface area (Å²) in [6.45, 7) is 4.83. The van der Waals surface area contributed by atoms with Crippen molar-refractivity contribution in [3.8, 4) is 0 Å². The summed E-state index contributed by atoms with van der Waals surface area (Å²) in [6.07, 6.45) is 5.53. The van der Waals surface area contributed by atoms with E-state index < -0.39 is 0 Å². The summed E-state index contributed by atoms with van der Waals surface area (Å²) in [4.78, 5) is 28.4. The van der Waals surface area contributed by atoms with Crippen LogP contribution in [-0.4, -0.2) is 48.8 Å². The maximum atomic E-state index is 12.2. The number of rotatable bonds is 8. The van der Waals surface area contributed by atoms with Crippen LogP contribution in [-0.2, 0) is 14.3 Å². The number of amides is 1. The summed E-state index contributed by atoms with van der Waals surface area (Å²) in [5, 5.41) is -0.0988. The zero-order valence-corrected chi connectivity index (χ0v) is 16.3. The van der Waals surface area contributed by atoms with Crippen molar-refractivity contribution in [2.45, 2.75) is 44.4 Å². The number of carbonyl (C=O) groups excluding carboxylic acids is 2. The Kier molecular flexibility index (Phi) is 6.83. The summed E-state index contributed by atoms with van der Waals surface area (Å²) < 4.78 is 5.28. The van der Waals surface area contributed by atoms with E-state index >= 15 is 0 Å². The van der Waals surface area contributed by atoms with Crippen LogP contribution in [0.25, 0.3) is 0 Å². The minimum Gasteiger partial charge on any atom is -0.464 e. The Morgan fingerprint density at radius 3 is 2.62 bits per heavy atom. The molecule has 2 fully saturated rings. The number of nitrogens with zero attached hydrogens (tertiary/aromatic N) is 2. The van der Waals surface area contributed by atoms with Crippen LogP contribution in [0.3, 0.4) is 0 Å². The monoisotopic (exact) mass is 376 g/mol. The van der Waals surface area contributed by atoms with Crippen LogP contribution in [0, 0.1) is 0 Å². The van der Waals surface area contributed by atoms with E-state index in [-0.39, 0.29) is 23.8 Å². The van der Waals surface area contributed by atoms with Gasteiger partial charge in [0, 0.05) is 18.8 Å². The third kappa shape index (κ3) is 4.72. The Labute approximate surface area is 160 Å². The number of ether oxygens (including phenoxy) is 1. The maximum absolute atomic E-state index is 12.2. The van der Waals surface area contributed by atoms with Gasteiger partial charge in [-0.3, -0.25) is 9.59 Å². The van der Waals surface area contributed by atoms with Gasteiger partial charge < -0.3 is 14.5 Å². The number of hydrogen-bond acceptors (Lipinski definition) is 5. The normalized spacial score (nSPS) is 20.0. The average molecular weight is 377 g/mol. The number of unbranched alkanes of at least 4 members (excludes halogenated alkanes) is 2. The second-order valence-electron chi connectivity index (χ2n) is 6.90. The van der Waals surface area contributed by atoms with Crippen molar-refractivity contribution < 1.29 is 14.3 Å². The first kappa shape index (κ1) is 19.1. The number of benzene rings is 1. The fraction of sp³-hybridized carbons (Fsp3) is 0.600. The summed E-state index contributed by atoms with van der Waals surface area (Å²) >= 11 is 1.58. The molecule has 0 bridgehead atoms. The molecule has 0 saturated carbocycles. The van der Waals surface area contributed by atoms with Crippen LogP contribution >= 0.6 is 11.8 Å². The van der Waals surface area contributed by atoms with Crippen LogP contribution in [0.4, 0.5) is 5.69 Å². The van der Waals surface area contributed by atoms with Crippen molar-refractivity contribution in [2.24, 2.45) is 0 Å². The van der Waals surface area contributed by atoms with Crippen LogP contribution in [0.2, 0.25) is 0 Å². The smallest absolute Gasteiger partial charge is 0.325 e. The van der Waals surface area contributed by atoms with Gasteiger partial charge in [0.1, 0.15) is 11.9 Å². The third-order valence-electron chi connectivity index (χ3n) is 4.93. The second-order valence-corrected chi connectivity index (χ2v) is 7.97. The Hall–Kier alpha value is -1.69. The molecule has 1 aromatic carbocycles. The van der Waals surface area contributed by atoms with E-state index in [1.54, 1.807) is 16.7 Å². The lowest BCUT2D eigenvalue weighted by Crippen LogP contribution is -2.34. The van der Waals surface area contributed by atoms with Gasteiger partial charge in [0.2, 0.25) is 5.91 Å². The highest BCUT2D eigenvalue weighted by atomic mass is 32.2. The Morgan fingerprint density at radius 2 is 1.92 bits per heavy atom. The largest absolute Gasteiger partial charge is 0.464 e. The van der Waals surface area contributed by atoms with Gasteiger partial charge in [-0.15, -0.1) is 11.8 Å². The Bertz CT molecular complexity index is 614. The Morgan fingerprint density at radius 1 is 1.19 bits per heavy atom. The van der Waals surface area contributed by atoms with Crippen LogP contribution < -0.4 is 4.90 Å². The van der Waals surface area contributed by atoms with Crippen molar-refractivity contribution >= 4 is 29.3 Å². The SMILES string of the molecule is CCCCCOC(=O)CN1C(=O)CSC1c1ccc(N2CCCC2)cc1. The molecule has 0 radical (unpaired) electrons. The van der Waals surface area contributed by atoms with Gasteiger partial charge in [-0.25, -0.2) is 0 Å². The molecule has 2 aliphatic heterocycles. The van der Waals surface area contributed by atoms with Crippen molar-refractivity contribution in [2.75, 3.05) is 36.9 Å². The molecule has 1 aromatic rings. The highest BCUT2D eigenvalue weighted by Gasteiger charge is 2.34. The lowest BCUT2D eigenvalue weighted by Gasteiger charge is -2.24. The number of carbonyl (C=O) groups is 2. The summed E-state index contributed by atoms with van der Waals surface area (Å²) in [6, 6.07) is 8.43. The molecule has 0 aliphatic carbocycles. The lowest BCUT2D eigenvalue weighted by molar-refractivity contribution is -0.148. The molecule has 0 aromatic heterocycles. The predicted molar refractivity (Wildman–Crippen MR) is 105 cm³/mol. The molecule has 142 valence electrons. The summed E-state index contributed by atoms with van der Waals surface area (Å²) in [7, 11) is 0. The van der Waals surface area contributed by atoms with Crippen molar-refractivity contribution in [3.05, 3.63) is 29.8 Å². The molecule has 0 spiro atoms. The molecule has 26 heavy (non-hydrogen) atoms. The molecular formula is C20H28N2O3S. The Balaban J connectivity index is 1.59. The topological polar surface area (TPSA) is 49.9 Å². The van der Waals surface area contributed by atoms with Gasteiger partial charge in [0.05, 0.1) is 12.4 Å². The van der Waals surface area contributed by atoms with E-state index in [4.69, 9.17) is 4.74 Å². The average Bonchev–Trinajstić information content (AvgIpc) is 3.30. The minimum atomic E-state index is -0.310. The fourth-order valence-corrected chi connectivity index (χ4v) is 4.64. The molecule has 5 nitrogen and oxygen atoms in total. The number of hydrogen-bond donors (Lipinski definition) is 0. The zero-order chi connectivity index (χ0) is 18.4. The van der Waals surface area contributed by atoms with Gasteiger partial charge in [0.15, 0.2) is 0 Å². The molecule has 2 heterocycles. The first-order valence-electron chi connectivity index (χ1n) is 9.60. The van der Waals surface area contributed by atoms with Gasteiger partial charge >= 0.3 is 5.97 Å². The molecule has 2 aliphatic rings. The molecule has 2 saturated heterocycles. The first-order chi connectivity index (χ1) is 12.7. The third-order valence-corrected chi connectivity index (χ3v) is 6.18. The minimum absolute atomic E-state index is 0.00845. The summed E-state index contributed by atoms with van der Waals surface area (Å²) in [5.41, 5.74) is 2.31. The number of esters is 1. The highest BCUT2D eigenvalue weighted by Crippen LogP contribution is 2.39. The van der Waals surface area contributed by atoms with Crippen LogP contribution in [0.15, 0.2) is 24.3 Å². The molecule has 6 heteroatoms. The quantitative estimate of drug-likeness (QED) is 0.513. The molecule has 0 N–H and O–H groups in total. The van der Waals surface area contributed by atoms with Gasteiger partial charge in [-0.2, -0.15) is 0 Å². The summed E-state index contributed by atoms with van der Waals surface area (Å²) in [5.74, 6) is 0.117. The number of anilines is 1. The predicted octanol–water partition coefficient (Wildman–Crippen LogP) is 3.59. The van der Waals surface area contributed by atoms with E-state index in [1.165, 1.54) is 18.5 Å². The molecule has 1 amide bonds. The van der Waals surface area contributed by atoms with E-state index in [0.717, 1.165) is 37.9 Å². The first-order valence-corrected chi connectivity index (χ1v) is 10.7. The van der Waals surface area contributed by atoms with Gasteiger partial charge in [-0.1, -0.05) is 31.9 Å².